The predicted octanol–water partition coefficient (Wildman–Crippen LogP) is 4.20. The first-order valence-electron chi connectivity index (χ1n) is 11.7. The quantitative estimate of drug-likeness (QED) is 0.103. The van der Waals surface area contributed by atoms with E-state index in [-0.39, 0.29) is 44.9 Å². The number of aromatic hydroxyl groups is 1. The van der Waals surface area contributed by atoms with Crippen LogP contribution in [0.3, 0.4) is 0 Å². The molecule has 2 amide bonds. The summed E-state index contributed by atoms with van der Waals surface area (Å²) in [4.78, 5) is 25.7. The van der Waals surface area contributed by atoms with E-state index in [4.69, 9.17) is 29.0 Å². The van der Waals surface area contributed by atoms with Crippen molar-refractivity contribution >= 4 is 62.1 Å². The van der Waals surface area contributed by atoms with Crippen LogP contribution >= 0.6 is 23.2 Å². The maximum absolute atomic E-state index is 12.9. The molecule has 3 rings (SSSR count). The highest BCUT2D eigenvalue weighted by Crippen LogP contribution is 2.43. The summed E-state index contributed by atoms with van der Waals surface area (Å²) < 4.78 is 27.7. The van der Waals surface area contributed by atoms with Crippen molar-refractivity contribution < 1.29 is 23.1 Å². The van der Waals surface area contributed by atoms with Crippen molar-refractivity contribution in [1.82, 2.24) is 4.72 Å². The van der Waals surface area contributed by atoms with E-state index in [0.717, 1.165) is 11.1 Å². The first-order chi connectivity index (χ1) is 18.5. The number of nitrogens with two attached hydrogens (primary N) is 1. The van der Waals surface area contributed by atoms with Crippen LogP contribution in [0.25, 0.3) is 0 Å². The van der Waals surface area contributed by atoms with Gasteiger partial charge in [-0.2, -0.15) is 9.82 Å². The van der Waals surface area contributed by atoms with Crippen LogP contribution in [0, 0.1) is 6.92 Å². The van der Waals surface area contributed by atoms with E-state index in [1.165, 1.54) is 18.2 Å². The van der Waals surface area contributed by atoms with E-state index in [9.17, 15) is 23.1 Å². The Morgan fingerprint density at radius 3 is 2.28 bits per heavy atom. The average molecular weight is 593 g/mol. The highest BCUT2D eigenvalue weighted by atomic mass is 35.5. The molecule has 1 unspecified atom stereocenters. The number of hydrazone groups is 1. The number of rotatable bonds is 10. The normalized spacial score (nSPS) is 12.6. The zero-order chi connectivity index (χ0) is 28.7. The van der Waals surface area contributed by atoms with Gasteiger partial charge in [-0.1, -0.05) is 78.2 Å². The lowest BCUT2D eigenvalue weighted by molar-refractivity contribution is -0.117. The third-order valence-electron chi connectivity index (χ3n) is 5.67. The number of phenols is 1. The van der Waals surface area contributed by atoms with Crippen LogP contribution in [0.15, 0.2) is 70.7 Å². The molecule has 0 radical (unpaired) electrons. The van der Waals surface area contributed by atoms with Crippen LogP contribution in [-0.2, 0) is 26.0 Å². The second-order valence-corrected chi connectivity index (χ2v) is 11.0. The van der Waals surface area contributed by atoms with Crippen LogP contribution in [-0.4, -0.2) is 37.1 Å². The fraction of sp³-hybridized carbons (Fsp3) is 0.192. The molecule has 3 aromatic carbocycles. The molecule has 39 heavy (non-hydrogen) atoms. The van der Waals surface area contributed by atoms with Gasteiger partial charge < -0.3 is 21.6 Å². The molecule has 1 atom stereocenters. The molecule has 0 bridgehead atoms. The van der Waals surface area contributed by atoms with Gasteiger partial charge in [-0.3, -0.25) is 9.59 Å². The van der Waals surface area contributed by atoms with Crippen molar-refractivity contribution in [2.24, 2.45) is 10.9 Å². The van der Waals surface area contributed by atoms with Gasteiger partial charge in [0.25, 0.3) is 5.91 Å². The van der Waals surface area contributed by atoms with Gasteiger partial charge in [-0.15, -0.1) is 0 Å². The Morgan fingerprint density at radius 1 is 1.05 bits per heavy atom. The van der Waals surface area contributed by atoms with E-state index >= 15 is 0 Å². The lowest BCUT2D eigenvalue weighted by Gasteiger charge is -2.19. The number of nitrogens with zero attached hydrogens (tertiary/aromatic N) is 1. The summed E-state index contributed by atoms with van der Waals surface area (Å²) in [6.07, 6.45) is 0.242. The Kier molecular flexibility index (Phi) is 9.92. The third-order valence-corrected chi connectivity index (χ3v) is 7.83. The lowest BCUT2D eigenvalue weighted by Crippen LogP contribution is -2.43. The second kappa shape index (κ2) is 12.9. The molecule has 0 aliphatic rings. The SMILES string of the molecule is CCC(NS(=O)(=O)c1ccccc1)C(=O)Nc1c(Cl)cc(NC(=O)/C(Cc2ccc(C)cc2)=N/N)c(O)c1Cl. The third kappa shape index (κ3) is 7.48. The molecule has 0 aromatic heterocycles. The summed E-state index contributed by atoms with van der Waals surface area (Å²) in [5.41, 5.74) is 1.53. The van der Waals surface area contributed by atoms with E-state index < -0.39 is 33.6 Å². The summed E-state index contributed by atoms with van der Waals surface area (Å²) in [5, 5.41) is 18.6. The Morgan fingerprint density at radius 2 is 1.69 bits per heavy atom. The highest BCUT2D eigenvalue weighted by molar-refractivity contribution is 7.89. The second-order valence-electron chi connectivity index (χ2n) is 8.52. The van der Waals surface area contributed by atoms with Crippen molar-refractivity contribution in [2.75, 3.05) is 10.6 Å². The number of hydrogen-bond donors (Lipinski definition) is 5. The molecule has 0 heterocycles. The summed E-state index contributed by atoms with van der Waals surface area (Å²) in [7, 11) is -3.99. The summed E-state index contributed by atoms with van der Waals surface area (Å²) >= 11 is 12.6. The van der Waals surface area contributed by atoms with Crippen molar-refractivity contribution in [3.8, 4) is 5.75 Å². The van der Waals surface area contributed by atoms with Gasteiger partial charge in [-0.05, 0) is 37.1 Å². The zero-order valence-electron chi connectivity index (χ0n) is 21.0. The fourth-order valence-corrected chi connectivity index (χ4v) is 5.33. The van der Waals surface area contributed by atoms with Crippen LogP contribution in [0.1, 0.15) is 24.5 Å². The van der Waals surface area contributed by atoms with Gasteiger partial charge in [-0.25, -0.2) is 8.42 Å². The molecule has 6 N–H and O–H groups in total. The molecule has 10 nitrogen and oxygen atoms in total. The number of phenolic OH excluding ortho intramolecular Hbond substituents is 1. The van der Waals surface area contributed by atoms with Crippen LogP contribution < -0.4 is 21.2 Å². The first kappa shape index (κ1) is 29.9. The highest BCUT2D eigenvalue weighted by Gasteiger charge is 2.27. The Balaban J connectivity index is 1.76. The summed E-state index contributed by atoms with van der Waals surface area (Å²) in [5.74, 6) is 3.39. The predicted molar refractivity (Wildman–Crippen MR) is 153 cm³/mol. The Hall–Kier alpha value is -3.64. The first-order valence-corrected chi connectivity index (χ1v) is 13.9. The van der Waals surface area contributed by atoms with Crippen LogP contribution in [0.4, 0.5) is 11.4 Å². The van der Waals surface area contributed by atoms with Gasteiger partial charge in [0, 0.05) is 6.42 Å². The monoisotopic (exact) mass is 591 g/mol. The number of anilines is 2. The maximum atomic E-state index is 12.9. The maximum Gasteiger partial charge on any atom is 0.272 e. The smallest absolute Gasteiger partial charge is 0.272 e. The molecule has 0 aliphatic carbocycles. The molecular formula is C26H27Cl2N5O5S. The van der Waals surface area contributed by atoms with Crippen molar-refractivity contribution in [3.63, 3.8) is 0 Å². The summed E-state index contributed by atoms with van der Waals surface area (Å²) in [6.45, 7) is 3.55. The van der Waals surface area contributed by atoms with Gasteiger partial charge in [0.05, 0.1) is 21.3 Å². The van der Waals surface area contributed by atoms with Crippen molar-refractivity contribution in [3.05, 3.63) is 81.8 Å². The van der Waals surface area contributed by atoms with Gasteiger partial charge >= 0.3 is 0 Å². The molecule has 206 valence electrons. The Labute approximate surface area is 236 Å². The summed E-state index contributed by atoms with van der Waals surface area (Å²) in [6, 6.07) is 15.0. The number of carbonyl (C=O) groups excluding carboxylic acids is 2. The lowest BCUT2D eigenvalue weighted by atomic mass is 10.1. The molecule has 0 aliphatic heterocycles. The molecule has 0 spiro atoms. The van der Waals surface area contributed by atoms with E-state index in [1.54, 1.807) is 25.1 Å². The van der Waals surface area contributed by atoms with Gasteiger partial charge in [0.1, 0.15) is 16.8 Å². The average Bonchev–Trinajstić information content (AvgIpc) is 2.92. The van der Waals surface area contributed by atoms with Crippen LogP contribution in [0.5, 0.6) is 5.75 Å². The van der Waals surface area contributed by atoms with Crippen LogP contribution in [0.2, 0.25) is 10.0 Å². The van der Waals surface area contributed by atoms with Crippen molar-refractivity contribution in [2.45, 2.75) is 37.6 Å². The molecule has 0 fully saturated rings. The number of sulfonamides is 1. The van der Waals surface area contributed by atoms with Gasteiger partial charge in [0.15, 0.2) is 5.75 Å². The minimum atomic E-state index is -3.99. The van der Waals surface area contributed by atoms with Gasteiger partial charge in [0.2, 0.25) is 15.9 Å². The number of nitrogens with one attached hydrogen (secondary N) is 3. The molecule has 3 aromatic rings. The number of carbonyl (C=O) groups is 2. The van der Waals surface area contributed by atoms with E-state index in [1.807, 2.05) is 31.2 Å². The van der Waals surface area contributed by atoms with E-state index in [0.29, 0.717) is 0 Å². The topological polar surface area (TPSA) is 163 Å². The molecule has 13 heteroatoms. The minimum absolute atomic E-state index is 0.00665. The van der Waals surface area contributed by atoms with Crippen molar-refractivity contribution in [1.29, 1.82) is 0 Å². The largest absolute Gasteiger partial charge is 0.504 e. The number of benzene rings is 3. The fourth-order valence-electron chi connectivity index (χ4n) is 3.48. The Bertz CT molecular complexity index is 1500. The van der Waals surface area contributed by atoms with E-state index in [2.05, 4.69) is 20.5 Å². The molecular weight excluding hydrogens is 565 g/mol. The molecule has 0 saturated carbocycles. The standard InChI is InChI=1S/C26H27Cl2N5O5S/c1-3-19(33-39(37,38)17-7-5-4-6-8-17)25(35)31-23-18(27)14-20(24(34)22(23)28)30-26(36)21(32-29)13-16-11-9-15(2)10-12-16/h4-12,14,19,33-34H,3,13,29H2,1-2H3,(H,30,36)(H,31,35)/b32-21+. The number of hydrogen-bond acceptors (Lipinski definition) is 7. The minimum Gasteiger partial charge on any atom is -0.504 e. The number of aryl methyl sites for hydroxylation is 1. The zero-order valence-corrected chi connectivity index (χ0v) is 23.4. The number of halogens is 2. The molecule has 0 saturated heterocycles. The number of amides is 2.